The molecule has 2 rings (SSSR count). The van der Waals surface area contributed by atoms with Gasteiger partial charge in [-0.2, -0.15) is 15.2 Å². The lowest BCUT2D eigenvalue weighted by molar-refractivity contribution is -0.386. The summed E-state index contributed by atoms with van der Waals surface area (Å²) in [7, 11) is 4.05. The number of hydrogen-bond donors (Lipinski definition) is 0. The molecule has 0 N–H and O–H groups in total. The molecule has 25 heavy (non-hydrogen) atoms. The molecule has 0 bridgehead atoms. The van der Waals surface area contributed by atoms with Gasteiger partial charge in [0.2, 0.25) is 11.8 Å². The van der Waals surface area contributed by atoms with Crippen molar-refractivity contribution in [1.82, 2.24) is 9.97 Å². The molecule has 130 valence electrons. The van der Waals surface area contributed by atoms with Crippen molar-refractivity contribution < 1.29 is 19.1 Å². The topological polar surface area (TPSA) is 120 Å². The van der Waals surface area contributed by atoms with Crippen molar-refractivity contribution in [2.24, 2.45) is 0 Å². The van der Waals surface area contributed by atoms with Crippen LogP contribution in [0.1, 0.15) is 17.3 Å². The zero-order valence-corrected chi connectivity index (χ0v) is 14.3. The van der Waals surface area contributed by atoms with Crippen molar-refractivity contribution in [1.29, 1.82) is 5.26 Å². The molecule has 1 heterocycles. The lowest BCUT2D eigenvalue weighted by Gasteiger charge is -2.13. The van der Waals surface area contributed by atoms with E-state index in [-0.39, 0.29) is 39.6 Å². The minimum Gasteiger partial charge on any atom is -0.490 e. The highest BCUT2D eigenvalue weighted by molar-refractivity contribution is 6.31. The number of hydrogen-bond acceptors (Lipinski definition) is 8. The molecule has 0 saturated carbocycles. The van der Waals surface area contributed by atoms with Gasteiger partial charge in [-0.15, -0.1) is 0 Å². The van der Waals surface area contributed by atoms with Gasteiger partial charge in [0.25, 0.3) is 0 Å². The zero-order chi connectivity index (χ0) is 18.6. The number of methoxy groups -OCH3 is 3. The van der Waals surface area contributed by atoms with Crippen LogP contribution in [0.5, 0.6) is 17.5 Å². The van der Waals surface area contributed by atoms with Crippen LogP contribution in [0.15, 0.2) is 18.2 Å². The van der Waals surface area contributed by atoms with Crippen LogP contribution in [-0.2, 0) is 0 Å². The van der Waals surface area contributed by atoms with E-state index in [1.165, 1.54) is 39.5 Å². The number of nitro groups is 1. The SMILES string of the molecule is COc1cc(OC)nc(C(C#N)c2cc(Cl)cc(OC)c2[N+](=O)[O-])n1. The lowest BCUT2D eigenvalue weighted by atomic mass is 9.97. The van der Waals surface area contributed by atoms with Crippen LogP contribution >= 0.6 is 11.6 Å². The van der Waals surface area contributed by atoms with Gasteiger partial charge < -0.3 is 14.2 Å². The van der Waals surface area contributed by atoms with Crippen LogP contribution in [0, 0.1) is 21.4 Å². The molecule has 10 heteroatoms. The summed E-state index contributed by atoms with van der Waals surface area (Å²) in [5.41, 5.74) is -0.379. The summed E-state index contributed by atoms with van der Waals surface area (Å²) in [5.74, 6) is -0.969. The fourth-order valence-corrected chi connectivity index (χ4v) is 2.41. The molecule has 0 saturated heterocycles. The second kappa shape index (κ2) is 7.63. The Morgan fingerprint density at radius 2 is 1.76 bits per heavy atom. The fourth-order valence-electron chi connectivity index (χ4n) is 2.19. The van der Waals surface area contributed by atoms with E-state index < -0.39 is 10.8 Å². The maximum Gasteiger partial charge on any atom is 0.315 e. The van der Waals surface area contributed by atoms with E-state index in [0.717, 1.165) is 0 Å². The van der Waals surface area contributed by atoms with Crippen LogP contribution in [-0.4, -0.2) is 36.2 Å². The van der Waals surface area contributed by atoms with Gasteiger partial charge in [-0.05, 0) is 6.07 Å². The smallest absolute Gasteiger partial charge is 0.315 e. The first-order valence-electron chi connectivity index (χ1n) is 6.83. The van der Waals surface area contributed by atoms with Gasteiger partial charge in [-0.3, -0.25) is 10.1 Å². The van der Waals surface area contributed by atoms with E-state index >= 15 is 0 Å². The predicted octanol–water partition coefficient (Wildman–Crippen LogP) is 2.72. The molecule has 0 aliphatic carbocycles. The standard InChI is InChI=1S/C15H13ClN4O5/c1-23-11-5-8(16)4-9(14(11)20(21)22)10(7-17)15-18-12(24-2)6-13(19-15)25-3/h4-6,10H,1-3H3. The first kappa shape index (κ1) is 18.2. The van der Waals surface area contributed by atoms with E-state index in [0.29, 0.717) is 0 Å². The molecule has 1 unspecified atom stereocenters. The van der Waals surface area contributed by atoms with Gasteiger partial charge in [0.1, 0.15) is 5.92 Å². The predicted molar refractivity (Wildman–Crippen MR) is 87.3 cm³/mol. The quantitative estimate of drug-likeness (QED) is 0.566. The molecule has 2 aromatic rings. The summed E-state index contributed by atoms with van der Waals surface area (Å²) in [6.45, 7) is 0. The average Bonchev–Trinajstić information content (AvgIpc) is 2.61. The molecule has 0 aliphatic rings. The summed E-state index contributed by atoms with van der Waals surface area (Å²) < 4.78 is 15.1. The van der Waals surface area contributed by atoms with E-state index in [1.807, 2.05) is 6.07 Å². The van der Waals surface area contributed by atoms with Crippen LogP contribution < -0.4 is 14.2 Å². The van der Waals surface area contributed by atoms with Crippen LogP contribution in [0.25, 0.3) is 0 Å². The minimum absolute atomic E-state index is 0.00663. The lowest BCUT2D eigenvalue weighted by Crippen LogP contribution is -2.09. The van der Waals surface area contributed by atoms with E-state index in [2.05, 4.69) is 9.97 Å². The van der Waals surface area contributed by atoms with Gasteiger partial charge >= 0.3 is 5.69 Å². The molecular weight excluding hydrogens is 352 g/mol. The largest absolute Gasteiger partial charge is 0.490 e. The van der Waals surface area contributed by atoms with Gasteiger partial charge in [0, 0.05) is 11.1 Å². The van der Waals surface area contributed by atoms with Crippen molar-refractivity contribution in [3.63, 3.8) is 0 Å². The van der Waals surface area contributed by atoms with Crippen molar-refractivity contribution in [3.8, 4) is 23.6 Å². The Morgan fingerprint density at radius 1 is 1.16 bits per heavy atom. The Labute approximate surface area is 147 Å². The highest BCUT2D eigenvalue weighted by atomic mass is 35.5. The Bertz CT molecular complexity index is 830. The summed E-state index contributed by atoms with van der Waals surface area (Å²) in [6.07, 6.45) is 0. The fraction of sp³-hybridized carbons (Fsp3) is 0.267. The third-order valence-corrected chi connectivity index (χ3v) is 3.50. The first-order chi connectivity index (χ1) is 11.9. The average molecular weight is 365 g/mol. The molecule has 0 spiro atoms. The normalized spacial score (nSPS) is 11.3. The highest BCUT2D eigenvalue weighted by Gasteiger charge is 2.31. The molecule has 0 radical (unpaired) electrons. The van der Waals surface area contributed by atoms with Crippen LogP contribution in [0.4, 0.5) is 5.69 Å². The van der Waals surface area contributed by atoms with Crippen molar-refractivity contribution in [3.05, 3.63) is 44.7 Å². The number of halogens is 1. The number of nitriles is 1. The molecular formula is C15H13ClN4O5. The highest BCUT2D eigenvalue weighted by Crippen LogP contribution is 2.40. The third-order valence-electron chi connectivity index (χ3n) is 3.28. The van der Waals surface area contributed by atoms with Gasteiger partial charge in [0.05, 0.1) is 44.0 Å². The van der Waals surface area contributed by atoms with E-state index in [1.54, 1.807) is 0 Å². The maximum atomic E-state index is 11.5. The molecule has 1 aromatic heterocycles. The molecule has 9 nitrogen and oxygen atoms in total. The van der Waals surface area contributed by atoms with Gasteiger partial charge in [0.15, 0.2) is 11.6 Å². The Hall–Kier alpha value is -3.12. The molecule has 1 aromatic carbocycles. The van der Waals surface area contributed by atoms with E-state index in [4.69, 9.17) is 25.8 Å². The third kappa shape index (κ3) is 3.70. The van der Waals surface area contributed by atoms with E-state index in [9.17, 15) is 15.4 Å². The summed E-state index contributed by atoms with van der Waals surface area (Å²) in [4.78, 5) is 19.0. The zero-order valence-electron chi connectivity index (χ0n) is 13.5. The van der Waals surface area contributed by atoms with Gasteiger partial charge in [-0.25, -0.2) is 0 Å². The van der Waals surface area contributed by atoms with Crippen LogP contribution in [0.3, 0.4) is 0 Å². The van der Waals surface area contributed by atoms with Crippen molar-refractivity contribution in [2.45, 2.75) is 5.92 Å². The van der Waals surface area contributed by atoms with Crippen molar-refractivity contribution >= 4 is 17.3 Å². The Morgan fingerprint density at radius 3 is 2.20 bits per heavy atom. The molecule has 0 aliphatic heterocycles. The number of aromatic nitrogens is 2. The van der Waals surface area contributed by atoms with Gasteiger partial charge in [-0.1, -0.05) is 11.6 Å². The molecule has 0 amide bonds. The molecule has 0 fully saturated rings. The number of rotatable bonds is 6. The summed E-state index contributed by atoms with van der Waals surface area (Å²) in [6, 6.07) is 5.99. The second-order valence-electron chi connectivity index (χ2n) is 4.68. The molecule has 1 atom stereocenters. The first-order valence-corrected chi connectivity index (χ1v) is 7.21. The minimum atomic E-state index is -1.18. The monoisotopic (exact) mass is 364 g/mol. The number of nitrogens with zero attached hydrogens (tertiary/aromatic N) is 4. The van der Waals surface area contributed by atoms with Crippen LogP contribution in [0.2, 0.25) is 5.02 Å². The Kier molecular flexibility index (Phi) is 5.56. The number of ether oxygens (including phenoxy) is 3. The summed E-state index contributed by atoms with van der Waals surface area (Å²) in [5, 5.41) is 21.3. The Balaban J connectivity index is 2.73. The second-order valence-corrected chi connectivity index (χ2v) is 5.11. The van der Waals surface area contributed by atoms with Crippen molar-refractivity contribution in [2.75, 3.05) is 21.3 Å². The summed E-state index contributed by atoms with van der Waals surface area (Å²) >= 11 is 6.01. The number of nitro benzene ring substituents is 1. The number of benzene rings is 1. The maximum absolute atomic E-state index is 11.5.